The standard InChI is InChI=1S/C68H44N2O.C64H42N2O/c1-2-20-51-47(18-1)44-62(55-23-6-5-21-53(51)55)59-27-10-12-31-63(59)69(49-42-38-46(39-43-49)52-29-17-30-61-60-28-11-16-35-67(60)71-68(52)61)48-40-36-45(37-41-48)50-19-3-4-22-54(50)56-24-7-13-32-64(56)70-65-33-14-8-25-57(65)58-26-9-15-34-66(58)70;1-2-15-47-42-48(29-28-43(47)14-1)44-30-36-49(37-31-44)65(51-40-34-46(35-41-51)53-22-13-23-59-58-21-8-12-27-63(58)67-64(53)59)50-38-32-45(33-39-50)52-16-3-4-17-54(52)55-18-5-9-24-60(55)66-61-25-10-6-19-56(61)57-20-7-11-26-62(57)66/h1-44H;1-42H. The van der Waals surface area contributed by atoms with Gasteiger partial charge in [-0.1, -0.05) is 394 Å². The average molecular weight is 1760 g/mol. The summed E-state index contributed by atoms with van der Waals surface area (Å²) in [5.41, 5.74) is 35.5. The highest BCUT2D eigenvalue weighted by Gasteiger charge is 2.26. The van der Waals surface area contributed by atoms with Crippen molar-refractivity contribution in [2.75, 3.05) is 9.80 Å². The third-order valence-electron chi connectivity index (χ3n) is 27.9. The summed E-state index contributed by atoms with van der Waals surface area (Å²) < 4.78 is 17.8. The van der Waals surface area contributed by atoms with Gasteiger partial charge in [-0.15, -0.1) is 0 Å². The maximum atomic E-state index is 6.52. The number of aromatic nitrogens is 2. The molecule has 27 rings (SSSR count). The van der Waals surface area contributed by atoms with E-state index >= 15 is 0 Å². The smallest absolute Gasteiger partial charge is 0.143 e. The lowest BCUT2D eigenvalue weighted by Crippen LogP contribution is -2.11. The summed E-state index contributed by atoms with van der Waals surface area (Å²) in [7, 11) is 0. The third kappa shape index (κ3) is 14.0. The molecule has 0 fully saturated rings. The summed E-state index contributed by atoms with van der Waals surface area (Å²) in [6.45, 7) is 0. The van der Waals surface area contributed by atoms with Gasteiger partial charge in [0.1, 0.15) is 22.3 Å². The van der Waals surface area contributed by atoms with Crippen LogP contribution in [0.2, 0.25) is 0 Å². The lowest BCUT2D eigenvalue weighted by atomic mass is 9.91. The molecule has 4 aromatic heterocycles. The Kier molecular flexibility index (Phi) is 19.9. The van der Waals surface area contributed by atoms with Crippen molar-refractivity contribution in [1.29, 1.82) is 0 Å². The molecular weight excluding hydrogens is 1670 g/mol. The fraction of sp³-hybridized carbons (Fsp3) is 0. The summed E-state index contributed by atoms with van der Waals surface area (Å²) in [5, 5.41) is 16.9. The first-order valence-corrected chi connectivity index (χ1v) is 47.2. The first-order valence-electron chi connectivity index (χ1n) is 47.2. The Morgan fingerprint density at radius 3 is 0.913 bits per heavy atom. The monoisotopic (exact) mass is 1760 g/mol. The van der Waals surface area contributed by atoms with Crippen LogP contribution in [0, 0.1) is 0 Å². The molecule has 0 spiro atoms. The van der Waals surface area contributed by atoms with E-state index in [-0.39, 0.29) is 0 Å². The average Bonchev–Trinajstić information content (AvgIpc) is 0.987. The van der Waals surface area contributed by atoms with E-state index in [4.69, 9.17) is 8.83 Å². The Bertz CT molecular complexity index is 9300. The van der Waals surface area contributed by atoms with Gasteiger partial charge in [0.2, 0.25) is 0 Å². The molecule has 138 heavy (non-hydrogen) atoms. The SMILES string of the molecule is c1ccc(-c2ccccc2-n2c3ccccc3c3ccccc32)c(-c2ccc(N(c3ccc(-c4ccc5ccccc5c4)cc3)c3ccc(-c4cccc5c4oc4ccccc45)cc3)cc2)c1.c1ccc(-c2ccccc2-n2c3ccccc3c3ccccc32)c(-c2ccc(N(c3ccc(-c4cccc5c4oc4ccccc45)cc3)c3ccccc3-c3cc4ccccc4c4ccccc34)cc2)c1. The molecule has 0 unspecified atom stereocenters. The number of hydrogen-bond donors (Lipinski definition) is 0. The van der Waals surface area contributed by atoms with Gasteiger partial charge < -0.3 is 27.8 Å². The van der Waals surface area contributed by atoms with E-state index in [0.717, 1.165) is 128 Å². The van der Waals surface area contributed by atoms with E-state index in [1.165, 1.54) is 126 Å². The minimum Gasteiger partial charge on any atom is -0.455 e. The fourth-order valence-electron chi connectivity index (χ4n) is 21.4. The molecule has 0 aliphatic heterocycles. The predicted octanol–water partition coefficient (Wildman–Crippen LogP) is 37.1. The normalized spacial score (nSPS) is 11.6. The number of fused-ring (bicyclic) bond motifs is 16. The Labute approximate surface area is 798 Å². The van der Waals surface area contributed by atoms with Crippen molar-refractivity contribution in [3.05, 3.63) is 522 Å². The Morgan fingerprint density at radius 2 is 0.457 bits per heavy atom. The van der Waals surface area contributed by atoms with Crippen molar-refractivity contribution >= 4 is 154 Å². The van der Waals surface area contributed by atoms with Gasteiger partial charge in [-0.05, 0) is 221 Å². The molecule has 0 radical (unpaired) electrons. The maximum Gasteiger partial charge on any atom is 0.143 e. The molecule has 0 aliphatic carbocycles. The summed E-state index contributed by atoms with van der Waals surface area (Å²) in [6, 6.07) is 189. The molecular formula is C132H86N4O2. The molecule has 0 saturated heterocycles. The summed E-state index contributed by atoms with van der Waals surface area (Å²) in [5.74, 6) is 0. The van der Waals surface area contributed by atoms with Gasteiger partial charge in [0, 0.05) is 99.3 Å². The molecule has 0 saturated carbocycles. The van der Waals surface area contributed by atoms with Gasteiger partial charge in [-0.2, -0.15) is 0 Å². The van der Waals surface area contributed by atoms with Gasteiger partial charge >= 0.3 is 0 Å². The third-order valence-corrected chi connectivity index (χ3v) is 27.9. The van der Waals surface area contributed by atoms with Crippen molar-refractivity contribution < 1.29 is 8.83 Å². The second-order valence-electron chi connectivity index (χ2n) is 35.6. The highest BCUT2D eigenvalue weighted by atomic mass is 16.3. The Hall–Kier alpha value is -18.4. The number of para-hydroxylation sites is 11. The van der Waals surface area contributed by atoms with Crippen LogP contribution >= 0.6 is 0 Å². The van der Waals surface area contributed by atoms with Crippen LogP contribution in [0.25, 0.3) is 220 Å². The van der Waals surface area contributed by atoms with Crippen LogP contribution in [-0.2, 0) is 0 Å². The van der Waals surface area contributed by atoms with Gasteiger partial charge in [-0.25, -0.2) is 0 Å². The molecule has 6 nitrogen and oxygen atoms in total. The quantitative estimate of drug-likeness (QED) is 0.0904. The minimum absolute atomic E-state index is 0.897. The lowest BCUT2D eigenvalue weighted by Gasteiger charge is -2.29. The van der Waals surface area contributed by atoms with Crippen molar-refractivity contribution in [2.45, 2.75) is 0 Å². The van der Waals surface area contributed by atoms with Crippen LogP contribution < -0.4 is 9.80 Å². The fourth-order valence-corrected chi connectivity index (χ4v) is 21.4. The van der Waals surface area contributed by atoms with Crippen LogP contribution in [0.3, 0.4) is 0 Å². The lowest BCUT2D eigenvalue weighted by molar-refractivity contribution is 0.669. The first-order chi connectivity index (χ1) is 68.5. The van der Waals surface area contributed by atoms with Crippen LogP contribution in [0.1, 0.15) is 0 Å². The maximum absolute atomic E-state index is 6.52. The minimum atomic E-state index is 0.897. The number of nitrogens with zero attached hydrogens (tertiary/aromatic N) is 4. The molecule has 27 aromatic rings. The number of benzene rings is 23. The van der Waals surface area contributed by atoms with E-state index in [2.05, 4.69) is 516 Å². The van der Waals surface area contributed by atoms with Crippen LogP contribution in [0.5, 0.6) is 0 Å². The van der Waals surface area contributed by atoms with Gasteiger partial charge in [0.05, 0.1) is 39.1 Å². The van der Waals surface area contributed by atoms with Crippen molar-refractivity contribution in [1.82, 2.24) is 9.13 Å². The Morgan fingerprint density at radius 1 is 0.152 bits per heavy atom. The number of furan rings is 2. The molecule has 0 N–H and O–H groups in total. The number of anilines is 6. The second kappa shape index (κ2) is 34.0. The molecule has 4 heterocycles. The molecule has 6 heteroatoms. The molecule has 0 amide bonds. The van der Waals surface area contributed by atoms with E-state index in [1.54, 1.807) is 0 Å². The summed E-state index contributed by atoms with van der Waals surface area (Å²) in [4.78, 5) is 4.76. The Balaban J connectivity index is 0.000000143. The van der Waals surface area contributed by atoms with Crippen LogP contribution in [0.15, 0.2) is 531 Å². The zero-order chi connectivity index (χ0) is 91.1. The molecule has 23 aromatic carbocycles. The van der Waals surface area contributed by atoms with Crippen molar-refractivity contribution in [2.24, 2.45) is 0 Å². The van der Waals surface area contributed by atoms with Crippen LogP contribution in [0.4, 0.5) is 34.1 Å². The van der Waals surface area contributed by atoms with Gasteiger partial charge in [0.25, 0.3) is 0 Å². The van der Waals surface area contributed by atoms with Gasteiger partial charge in [-0.3, -0.25) is 0 Å². The molecule has 646 valence electrons. The van der Waals surface area contributed by atoms with Crippen LogP contribution in [-0.4, -0.2) is 9.13 Å². The van der Waals surface area contributed by atoms with E-state index in [9.17, 15) is 0 Å². The van der Waals surface area contributed by atoms with E-state index < -0.39 is 0 Å². The molecule has 0 aliphatic rings. The topological polar surface area (TPSA) is 42.6 Å². The van der Waals surface area contributed by atoms with Crippen molar-refractivity contribution in [3.8, 4) is 100 Å². The highest BCUT2D eigenvalue weighted by Crippen LogP contribution is 2.50. The summed E-state index contributed by atoms with van der Waals surface area (Å²) in [6.07, 6.45) is 0. The zero-order valence-electron chi connectivity index (χ0n) is 75.3. The zero-order valence-corrected chi connectivity index (χ0v) is 75.3. The number of hydrogen-bond acceptors (Lipinski definition) is 4. The van der Waals surface area contributed by atoms with E-state index in [0.29, 0.717) is 0 Å². The van der Waals surface area contributed by atoms with Crippen molar-refractivity contribution in [3.63, 3.8) is 0 Å². The summed E-state index contributed by atoms with van der Waals surface area (Å²) >= 11 is 0. The molecule has 0 atom stereocenters. The van der Waals surface area contributed by atoms with Gasteiger partial charge in [0.15, 0.2) is 0 Å². The molecule has 0 bridgehead atoms. The second-order valence-corrected chi connectivity index (χ2v) is 35.6. The first kappa shape index (κ1) is 80.5. The number of rotatable bonds is 16. The predicted molar refractivity (Wildman–Crippen MR) is 581 cm³/mol. The highest BCUT2D eigenvalue weighted by molar-refractivity contribution is 6.17. The largest absolute Gasteiger partial charge is 0.455 e. The van der Waals surface area contributed by atoms with E-state index in [1.807, 2.05) is 24.3 Å².